The normalized spacial score (nSPS) is 21.7. The lowest BCUT2D eigenvalue weighted by molar-refractivity contribution is -0.510. The molecule has 1 rings (SSSR count). The molecule has 0 aliphatic heterocycles. The van der Waals surface area contributed by atoms with Crippen LogP contribution in [0, 0.1) is 10.1 Å². The van der Waals surface area contributed by atoms with Crippen molar-refractivity contribution in [1.29, 1.82) is 0 Å². The van der Waals surface area contributed by atoms with E-state index in [-0.39, 0.29) is 12.0 Å². The lowest BCUT2D eigenvalue weighted by Gasteiger charge is -2.09. The van der Waals surface area contributed by atoms with Crippen LogP contribution in [0.25, 0.3) is 0 Å². The van der Waals surface area contributed by atoms with Crippen molar-refractivity contribution in [3.05, 3.63) is 33.9 Å². The van der Waals surface area contributed by atoms with E-state index < -0.39 is 16.9 Å². The third kappa shape index (κ3) is 1.50. The van der Waals surface area contributed by atoms with Crippen molar-refractivity contribution in [2.24, 2.45) is 0 Å². The number of carbonyl (C=O) groups is 1. The molecular formula is C7H7NO4. The standard InChI is InChI=1S/C7H7NO4/c9-7(10)5-3-1-2-4-6(5)8(11)12/h1-3,6H,4H2,(H,9,10). The molecule has 0 aromatic carbocycles. The molecule has 64 valence electrons. The van der Waals surface area contributed by atoms with Gasteiger partial charge in [0, 0.05) is 11.3 Å². The number of hydrogen-bond acceptors (Lipinski definition) is 3. The third-order valence-electron chi connectivity index (χ3n) is 1.63. The molecule has 0 fully saturated rings. The molecule has 0 heterocycles. The van der Waals surface area contributed by atoms with Crippen LogP contribution in [0.5, 0.6) is 0 Å². The van der Waals surface area contributed by atoms with Crippen molar-refractivity contribution in [1.82, 2.24) is 0 Å². The van der Waals surface area contributed by atoms with E-state index in [0.29, 0.717) is 0 Å². The molecule has 1 aliphatic rings. The third-order valence-corrected chi connectivity index (χ3v) is 1.63. The van der Waals surface area contributed by atoms with Gasteiger partial charge in [0.1, 0.15) is 5.57 Å². The van der Waals surface area contributed by atoms with E-state index in [2.05, 4.69) is 0 Å². The molecule has 0 spiro atoms. The first-order valence-electron chi connectivity index (χ1n) is 3.36. The van der Waals surface area contributed by atoms with Crippen molar-refractivity contribution < 1.29 is 14.8 Å². The van der Waals surface area contributed by atoms with E-state index >= 15 is 0 Å². The van der Waals surface area contributed by atoms with E-state index in [1.54, 1.807) is 6.08 Å². The first kappa shape index (κ1) is 8.45. The maximum atomic E-state index is 10.5. The van der Waals surface area contributed by atoms with Crippen molar-refractivity contribution in [2.75, 3.05) is 0 Å². The van der Waals surface area contributed by atoms with Gasteiger partial charge in [0.25, 0.3) is 0 Å². The van der Waals surface area contributed by atoms with Crippen LogP contribution in [-0.4, -0.2) is 22.0 Å². The topological polar surface area (TPSA) is 80.4 Å². The summed E-state index contributed by atoms with van der Waals surface area (Å²) in [5, 5.41) is 18.9. The fourth-order valence-electron chi connectivity index (χ4n) is 1.03. The number of aliphatic carboxylic acids is 1. The minimum Gasteiger partial charge on any atom is -0.478 e. The fourth-order valence-corrected chi connectivity index (χ4v) is 1.03. The van der Waals surface area contributed by atoms with Crippen molar-refractivity contribution in [3.63, 3.8) is 0 Å². The summed E-state index contributed by atoms with van der Waals surface area (Å²) in [4.78, 5) is 20.2. The summed E-state index contributed by atoms with van der Waals surface area (Å²) >= 11 is 0. The Kier molecular flexibility index (Phi) is 2.23. The molecule has 1 N–H and O–H groups in total. The number of allylic oxidation sites excluding steroid dienone is 2. The van der Waals surface area contributed by atoms with Gasteiger partial charge in [0.15, 0.2) is 0 Å². The number of carboxylic acid groups (broad SMARTS) is 1. The molecule has 0 radical (unpaired) electrons. The van der Waals surface area contributed by atoms with Gasteiger partial charge in [-0.1, -0.05) is 12.2 Å². The molecule has 0 bridgehead atoms. The highest BCUT2D eigenvalue weighted by Gasteiger charge is 2.30. The fraction of sp³-hybridized carbons (Fsp3) is 0.286. The van der Waals surface area contributed by atoms with Crippen molar-refractivity contribution >= 4 is 5.97 Å². The minimum absolute atomic E-state index is 0.150. The number of carboxylic acids is 1. The molecular weight excluding hydrogens is 162 g/mol. The average Bonchev–Trinajstić information content (AvgIpc) is 2.04. The predicted octanol–water partition coefficient (Wildman–Crippen LogP) is 0.603. The van der Waals surface area contributed by atoms with Gasteiger partial charge in [-0.3, -0.25) is 10.1 Å². The van der Waals surface area contributed by atoms with Crippen LogP contribution in [0.1, 0.15) is 6.42 Å². The van der Waals surface area contributed by atoms with E-state index in [1.165, 1.54) is 12.2 Å². The average molecular weight is 169 g/mol. The molecule has 0 saturated heterocycles. The van der Waals surface area contributed by atoms with Crippen molar-refractivity contribution in [2.45, 2.75) is 12.5 Å². The van der Waals surface area contributed by atoms with Crippen LogP contribution in [0.3, 0.4) is 0 Å². The quantitative estimate of drug-likeness (QED) is 0.484. The maximum absolute atomic E-state index is 10.5. The lowest BCUT2D eigenvalue weighted by atomic mass is 10.00. The van der Waals surface area contributed by atoms with Gasteiger partial charge in [0.05, 0.1) is 0 Å². The molecule has 0 aromatic rings. The zero-order valence-electron chi connectivity index (χ0n) is 6.14. The Bertz CT molecular complexity index is 279. The van der Waals surface area contributed by atoms with Gasteiger partial charge in [-0.2, -0.15) is 0 Å². The van der Waals surface area contributed by atoms with Gasteiger partial charge in [-0.15, -0.1) is 0 Å². The number of hydrogen-bond donors (Lipinski definition) is 1. The van der Waals surface area contributed by atoms with Crippen LogP contribution >= 0.6 is 0 Å². The molecule has 0 aromatic heterocycles. The molecule has 5 nitrogen and oxygen atoms in total. The van der Waals surface area contributed by atoms with Crippen LogP contribution < -0.4 is 0 Å². The summed E-state index contributed by atoms with van der Waals surface area (Å²) < 4.78 is 0. The highest BCUT2D eigenvalue weighted by Crippen LogP contribution is 2.15. The summed E-state index contributed by atoms with van der Waals surface area (Å²) in [6.07, 6.45) is 4.52. The molecule has 1 atom stereocenters. The van der Waals surface area contributed by atoms with E-state index in [9.17, 15) is 14.9 Å². The number of nitrogens with zero attached hydrogens (tertiary/aromatic N) is 1. The highest BCUT2D eigenvalue weighted by molar-refractivity contribution is 5.88. The molecule has 0 amide bonds. The molecule has 1 unspecified atom stereocenters. The SMILES string of the molecule is O=C(O)C1=CC=CCC1[N+](=O)[O-]. The molecule has 12 heavy (non-hydrogen) atoms. The van der Waals surface area contributed by atoms with Crippen LogP contribution in [0.2, 0.25) is 0 Å². The second-order valence-electron chi connectivity index (χ2n) is 2.39. The summed E-state index contributed by atoms with van der Waals surface area (Å²) in [6.45, 7) is 0. The van der Waals surface area contributed by atoms with E-state index in [0.717, 1.165) is 0 Å². The molecule has 0 saturated carbocycles. The Balaban J connectivity index is 2.91. The van der Waals surface area contributed by atoms with E-state index in [1.807, 2.05) is 0 Å². The van der Waals surface area contributed by atoms with Crippen LogP contribution in [0.4, 0.5) is 0 Å². The second-order valence-corrected chi connectivity index (χ2v) is 2.39. The van der Waals surface area contributed by atoms with Crippen LogP contribution in [-0.2, 0) is 4.79 Å². The van der Waals surface area contributed by atoms with Gasteiger partial charge in [0.2, 0.25) is 6.04 Å². The summed E-state index contributed by atoms with van der Waals surface area (Å²) in [5.41, 5.74) is -0.150. The maximum Gasteiger partial charge on any atom is 0.338 e. The summed E-state index contributed by atoms with van der Waals surface area (Å²) in [6, 6.07) is -1.09. The Morgan fingerprint density at radius 2 is 2.42 bits per heavy atom. The summed E-state index contributed by atoms with van der Waals surface area (Å²) in [5.74, 6) is -1.22. The smallest absolute Gasteiger partial charge is 0.338 e. The largest absolute Gasteiger partial charge is 0.478 e. The first-order chi connectivity index (χ1) is 5.63. The Morgan fingerprint density at radius 3 is 2.83 bits per heavy atom. The molecule has 1 aliphatic carbocycles. The second kappa shape index (κ2) is 3.17. The Hall–Kier alpha value is -1.65. The zero-order valence-corrected chi connectivity index (χ0v) is 6.14. The van der Waals surface area contributed by atoms with E-state index in [4.69, 9.17) is 5.11 Å². The Labute approximate surface area is 68.2 Å². The lowest BCUT2D eigenvalue weighted by Crippen LogP contribution is -2.27. The predicted molar refractivity (Wildman–Crippen MR) is 40.3 cm³/mol. The first-order valence-corrected chi connectivity index (χ1v) is 3.36. The number of rotatable bonds is 2. The minimum atomic E-state index is -1.22. The van der Waals surface area contributed by atoms with Gasteiger partial charge < -0.3 is 5.11 Å². The van der Waals surface area contributed by atoms with Gasteiger partial charge in [-0.05, 0) is 6.08 Å². The highest BCUT2D eigenvalue weighted by atomic mass is 16.6. The monoisotopic (exact) mass is 169 g/mol. The number of nitro groups is 1. The zero-order chi connectivity index (χ0) is 9.14. The Morgan fingerprint density at radius 1 is 1.75 bits per heavy atom. The molecule has 5 heteroatoms. The van der Waals surface area contributed by atoms with Gasteiger partial charge in [-0.25, -0.2) is 4.79 Å². The van der Waals surface area contributed by atoms with Crippen LogP contribution in [0.15, 0.2) is 23.8 Å². The van der Waals surface area contributed by atoms with Crippen molar-refractivity contribution in [3.8, 4) is 0 Å². The van der Waals surface area contributed by atoms with Gasteiger partial charge >= 0.3 is 5.97 Å². The summed E-state index contributed by atoms with van der Waals surface area (Å²) in [7, 11) is 0.